The summed E-state index contributed by atoms with van der Waals surface area (Å²) in [4.78, 5) is 4.57. The molecule has 3 nitrogen and oxygen atoms in total. The number of rotatable bonds is 2. The first kappa shape index (κ1) is 9.77. The Morgan fingerprint density at radius 3 is 3.14 bits per heavy atom. The molecule has 0 amide bonds. The Hall–Kier alpha value is -0.770. The van der Waals surface area contributed by atoms with Crippen LogP contribution in [0.4, 0.5) is 0 Å². The lowest BCUT2D eigenvalue weighted by atomic mass is 10.1. The minimum absolute atomic E-state index is 0.205. The van der Waals surface area contributed by atoms with Crippen molar-refractivity contribution in [2.24, 2.45) is 5.90 Å². The summed E-state index contributed by atoms with van der Waals surface area (Å²) in [5.74, 6) is 5.81. The fraction of sp³-hybridized carbons (Fsp3) is 0.400. The van der Waals surface area contributed by atoms with Crippen LogP contribution >= 0.6 is 11.6 Å². The quantitative estimate of drug-likeness (QED) is 0.765. The van der Waals surface area contributed by atoms with Gasteiger partial charge in [0, 0.05) is 6.42 Å². The molecule has 0 saturated carbocycles. The largest absolute Gasteiger partial charge is 0.489 e. The van der Waals surface area contributed by atoms with E-state index in [0.29, 0.717) is 11.6 Å². The van der Waals surface area contributed by atoms with Crippen LogP contribution in [0, 0.1) is 0 Å². The van der Waals surface area contributed by atoms with E-state index in [-0.39, 0.29) is 6.10 Å². The fourth-order valence-corrected chi connectivity index (χ4v) is 2.03. The second-order valence-electron chi connectivity index (χ2n) is 3.51. The number of hydrogen-bond donors (Lipinski definition) is 1. The highest BCUT2D eigenvalue weighted by Gasteiger charge is 2.22. The molecule has 14 heavy (non-hydrogen) atoms. The smallest absolute Gasteiger partial charge is 0.141 e. The number of benzene rings is 1. The van der Waals surface area contributed by atoms with Gasteiger partial charge in [-0.15, -0.1) is 0 Å². The molecular formula is C10H12ClNO2. The molecule has 1 aliphatic heterocycles. The lowest BCUT2D eigenvalue weighted by molar-refractivity contribution is 0.124. The van der Waals surface area contributed by atoms with Crippen molar-refractivity contribution in [2.75, 3.05) is 0 Å². The Labute approximate surface area is 87.7 Å². The number of halogens is 1. The Kier molecular flexibility index (Phi) is 2.63. The third-order valence-electron chi connectivity index (χ3n) is 2.26. The second kappa shape index (κ2) is 3.77. The van der Waals surface area contributed by atoms with Crippen LogP contribution in [-0.2, 0) is 17.9 Å². The fourth-order valence-electron chi connectivity index (χ4n) is 1.73. The van der Waals surface area contributed by atoms with Crippen LogP contribution < -0.4 is 10.6 Å². The van der Waals surface area contributed by atoms with Crippen LogP contribution in [-0.4, -0.2) is 6.10 Å². The predicted molar refractivity (Wildman–Crippen MR) is 54.2 cm³/mol. The zero-order valence-electron chi connectivity index (χ0n) is 7.92. The van der Waals surface area contributed by atoms with Crippen LogP contribution in [0.15, 0.2) is 12.1 Å². The number of fused-ring (bicyclic) bond motifs is 1. The standard InChI is InChI=1S/C10H12ClNO2/c1-6-2-8-3-7(5-13-12)4-9(11)10(8)14-6/h3-4,6H,2,5,12H2,1H3. The van der Waals surface area contributed by atoms with E-state index in [0.717, 1.165) is 23.3 Å². The molecule has 0 saturated heterocycles. The van der Waals surface area contributed by atoms with Crippen LogP contribution in [0.25, 0.3) is 0 Å². The van der Waals surface area contributed by atoms with Crippen LogP contribution in [0.5, 0.6) is 5.75 Å². The van der Waals surface area contributed by atoms with E-state index in [9.17, 15) is 0 Å². The summed E-state index contributed by atoms with van der Waals surface area (Å²) in [5.41, 5.74) is 2.12. The van der Waals surface area contributed by atoms with Gasteiger partial charge in [0.1, 0.15) is 11.9 Å². The molecule has 0 fully saturated rings. The second-order valence-corrected chi connectivity index (χ2v) is 3.92. The van der Waals surface area contributed by atoms with E-state index in [2.05, 4.69) is 4.84 Å². The molecule has 2 N–H and O–H groups in total. The molecule has 0 bridgehead atoms. The maximum absolute atomic E-state index is 6.05. The molecule has 0 aliphatic carbocycles. The van der Waals surface area contributed by atoms with Gasteiger partial charge in [-0.2, -0.15) is 0 Å². The van der Waals surface area contributed by atoms with Crippen LogP contribution in [0.3, 0.4) is 0 Å². The lowest BCUT2D eigenvalue weighted by Crippen LogP contribution is -2.05. The molecule has 1 atom stereocenters. The van der Waals surface area contributed by atoms with E-state index in [1.165, 1.54) is 0 Å². The summed E-state index contributed by atoms with van der Waals surface area (Å²) in [5, 5.41) is 0.638. The van der Waals surface area contributed by atoms with E-state index in [1.807, 2.05) is 19.1 Å². The average Bonchev–Trinajstić information content (AvgIpc) is 2.47. The summed E-state index contributed by atoms with van der Waals surface area (Å²) in [7, 11) is 0. The van der Waals surface area contributed by atoms with Gasteiger partial charge in [0.25, 0.3) is 0 Å². The van der Waals surface area contributed by atoms with Gasteiger partial charge in [0.15, 0.2) is 0 Å². The van der Waals surface area contributed by atoms with Crippen molar-refractivity contribution in [3.63, 3.8) is 0 Å². The van der Waals surface area contributed by atoms with Gasteiger partial charge >= 0.3 is 0 Å². The van der Waals surface area contributed by atoms with E-state index in [4.69, 9.17) is 22.2 Å². The van der Waals surface area contributed by atoms with Gasteiger partial charge in [0.2, 0.25) is 0 Å². The molecule has 1 aromatic carbocycles. The SMILES string of the molecule is CC1Cc2cc(CON)cc(Cl)c2O1. The first-order valence-electron chi connectivity index (χ1n) is 4.50. The van der Waals surface area contributed by atoms with Gasteiger partial charge in [-0.25, -0.2) is 5.90 Å². The van der Waals surface area contributed by atoms with Crippen molar-refractivity contribution in [1.82, 2.24) is 0 Å². The highest BCUT2D eigenvalue weighted by Crippen LogP contribution is 2.36. The minimum Gasteiger partial charge on any atom is -0.489 e. The van der Waals surface area contributed by atoms with Gasteiger partial charge in [-0.05, 0) is 30.2 Å². The monoisotopic (exact) mass is 213 g/mol. The molecule has 0 radical (unpaired) electrons. The normalized spacial score (nSPS) is 19.2. The summed E-state index contributed by atoms with van der Waals surface area (Å²) < 4.78 is 5.57. The van der Waals surface area contributed by atoms with Crippen molar-refractivity contribution in [3.8, 4) is 5.75 Å². The first-order chi connectivity index (χ1) is 6.70. The molecule has 0 spiro atoms. The van der Waals surface area contributed by atoms with Gasteiger partial charge in [-0.1, -0.05) is 11.6 Å². The van der Waals surface area contributed by atoms with Crippen molar-refractivity contribution in [1.29, 1.82) is 0 Å². The molecule has 2 rings (SSSR count). The molecule has 1 heterocycles. The third kappa shape index (κ3) is 1.71. The van der Waals surface area contributed by atoms with Crippen LogP contribution in [0.1, 0.15) is 18.1 Å². The Balaban J connectivity index is 2.36. The Morgan fingerprint density at radius 2 is 2.43 bits per heavy atom. The first-order valence-corrected chi connectivity index (χ1v) is 4.88. The number of ether oxygens (including phenoxy) is 1. The van der Waals surface area contributed by atoms with Crippen molar-refractivity contribution in [3.05, 3.63) is 28.3 Å². The molecular weight excluding hydrogens is 202 g/mol. The van der Waals surface area contributed by atoms with Crippen LogP contribution in [0.2, 0.25) is 5.02 Å². The summed E-state index contributed by atoms with van der Waals surface area (Å²) in [6.07, 6.45) is 1.10. The highest BCUT2D eigenvalue weighted by atomic mass is 35.5. The van der Waals surface area contributed by atoms with E-state index >= 15 is 0 Å². The molecule has 76 valence electrons. The highest BCUT2D eigenvalue weighted by molar-refractivity contribution is 6.32. The minimum atomic E-state index is 0.205. The van der Waals surface area contributed by atoms with Crippen molar-refractivity contribution < 1.29 is 9.57 Å². The predicted octanol–water partition coefficient (Wildman–Crippen LogP) is 2.05. The summed E-state index contributed by atoms with van der Waals surface area (Å²) >= 11 is 6.05. The zero-order chi connectivity index (χ0) is 10.1. The number of hydrogen-bond acceptors (Lipinski definition) is 3. The Morgan fingerprint density at radius 1 is 1.64 bits per heavy atom. The van der Waals surface area contributed by atoms with E-state index < -0.39 is 0 Å². The summed E-state index contributed by atoms with van der Waals surface area (Å²) in [6, 6.07) is 3.85. The van der Waals surface area contributed by atoms with Gasteiger partial charge in [-0.3, -0.25) is 4.84 Å². The Bertz CT molecular complexity index is 354. The summed E-state index contributed by atoms with van der Waals surface area (Å²) in [6.45, 7) is 2.40. The zero-order valence-corrected chi connectivity index (χ0v) is 8.67. The van der Waals surface area contributed by atoms with E-state index in [1.54, 1.807) is 0 Å². The molecule has 1 unspecified atom stereocenters. The molecule has 4 heteroatoms. The number of nitrogens with two attached hydrogens (primary N) is 1. The van der Waals surface area contributed by atoms with Gasteiger partial charge in [0.05, 0.1) is 11.6 Å². The topological polar surface area (TPSA) is 44.5 Å². The molecule has 1 aliphatic rings. The van der Waals surface area contributed by atoms with Crippen molar-refractivity contribution >= 4 is 11.6 Å². The molecule has 0 aromatic heterocycles. The average molecular weight is 214 g/mol. The lowest BCUT2D eigenvalue weighted by Gasteiger charge is -2.06. The molecule has 1 aromatic rings. The van der Waals surface area contributed by atoms with Crippen molar-refractivity contribution in [2.45, 2.75) is 26.1 Å². The maximum atomic E-state index is 6.05. The van der Waals surface area contributed by atoms with Gasteiger partial charge < -0.3 is 4.74 Å². The maximum Gasteiger partial charge on any atom is 0.141 e. The third-order valence-corrected chi connectivity index (χ3v) is 2.54.